The van der Waals surface area contributed by atoms with Crippen LogP contribution in [0.1, 0.15) is 28.3 Å². The van der Waals surface area contributed by atoms with Gasteiger partial charge in [0.05, 0.1) is 21.5 Å². The minimum atomic E-state index is -3.33. The summed E-state index contributed by atoms with van der Waals surface area (Å²) in [6, 6.07) is 8.78. The molecular weight excluding hydrogens is 385 g/mol. The highest BCUT2D eigenvalue weighted by Gasteiger charge is 2.35. The lowest BCUT2D eigenvalue weighted by Gasteiger charge is -2.10. The van der Waals surface area contributed by atoms with Gasteiger partial charge in [-0.05, 0) is 24.3 Å². The average Bonchev–Trinajstić information content (AvgIpc) is 2.88. The third-order valence-electron chi connectivity index (χ3n) is 4.05. The third-order valence-corrected chi connectivity index (χ3v) is 5.82. The van der Waals surface area contributed by atoms with Gasteiger partial charge in [-0.2, -0.15) is 0 Å². The maximum Gasteiger partial charge on any atom is 0.232 e. The first-order chi connectivity index (χ1) is 11.7. The SMILES string of the molecule is CS(=O)(=O)c1ccc(C(=O)CC2C(=O)Nc3c(Cl)ccc(Cl)c32)cc1. The van der Waals surface area contributed by atoms with Crippen LogP contribution < -0.4 is 5.32 Å². The molecule has 25 heavy (non-hydrogen) atoms. The van der Waals surface area contributed by atoms with Crippen molar-refractivity contribution in [2.75, 3.05) is 11.6 Å². The molecule has 0 fully saturated rings. The quantitative estimate of drug-likeness (QED) is 0.797. The van der Waals surface area contributed by atoms with E-state index in [2.05, 4.69) is 5.32 Å². The second-order valence-electron chi connectivity index (χ2n) is 5.78. The van der Waals surface area contributed by atoms with E-state index >= 15 is 0 Å². The van der Waals surface area contributed by atoms with Crippen molar-refractivity contribution in [2.24, 2.45) is 0 Å². The fourth-order valence-electron chi connectivity index (χ4n) is 2.76. The van der Waals surface area contributed by atoms with E-state index in [1.807, 2.05) is 0 Å². The van der Waals surface area contributed by atoms with Gasteiger partial charge in [0.2, 0.25) is 5.91 Å². The molecule has 5 nitrogen and oxygen atoms in total. The van der Waals surface area contributed by atoms with Gasteiger partial charge in [0, 0.05) is 28.8 Å². The normalized spacial score (nSPS) is 16.4. The number of fused-ring (bicyclic) bond motifs is 1. The first-order valence-corrected chi connectivity index (χ1v) is 9.95. The van der Waals surface area contributed by atoms with Gasteiger partial charge in [-0.25, -0.2) is 8.42 Å². The molecule has 0 aliphatic carbocycles. The first kappa shape index (κ1) is 17.9. The molecule has 1 unspecified atom stereocenters. The minimum Gasteiger partial charge on any atom is -0.324 e. The number of anilines is 1. The number of amides is 1. The maximum absolute atomic E-state index is 12.5. The Morgan fingerprint density at radius 3 is 2.28 bits per heavy atom. The standard InChI is InChI=1S/C17H13Cl2NO4S/c1-25(23,24)10-4-2-9(3-5-10)14(21)8-11-15-12(18)6-7-13(19)16(15)20-17(11)22/h2-7,11H,8H2,1H3,(H,20,22). The van der Waals surface area contributed by atoms with Gasteiger partial charge in [0.1, 0.15) is 0 Å². The largest absolute Gasteiger partial charge is 0.324 e. The van der Waals surface area contributed by atoms with Crippen LogP contribution in [0.4, 0.5) is 5.69 Å². The number of halogens is 2. The predicted molar refractivity (Wildman–Crippen MR) is 96.3 cm³/mol. The number of hydrogen-bond acceptors (Lipinski definition) is 4. The van der Waals surface area contributed by atoms with E-state index in [-0.39, 0.29) is 23.0 Å². The number of benzene rings is 2. The first-order valence-electron chi connectivity index (χ1n) is 7.30. The Morgan fingerprint density at radius 2 is 1.68 bits per heavy atom. The molecule has 0 saturated heterocycles. The summed E-state index contributed by atoms with van der Waals surface area (Å²) >= 11 is 12.2. The van der Waals surface area contributed by atoms with Crippen LogP contribution in [0.3, 0.4) is 0 Å². The second-order valence-corrected chi connectivity index (χ2v) is 8.61. The summed E-state index contributed by atoms with van der Waals surface area (Å²) in [4.78, 5) is 24.9. The van der Waals surface area contributed by atoms with E-state index in [4.69, 9.17) is 23.2 Å². The molecule has 1 N–H and O–H groups in total. The Bertz CT molecular complexity index is 984. The third kappa shape index (κ3) is 3.42. The number of Topliss-reactive ketones (excluding diaryl/α,β-unsaturated/α-hetero) is 1. The zero-order valence-corrected chi connectivity index (χ0v) is 15.4. The summed E-state index contributed by atoms with van der Waals surface area (Å²) in [6.45, 7) is 0. The van der Waals surface area contributed by atoms with E-state index < -0.39 is 15.8 Å². The number of rotatable bonds is 4. The predicted octanol–water partition coefficient (Wildman–Crippen LogP) is 3.71. The summed E-state index contributed by atoms with van der Waals surface area (Å²) in [5.41, 5.74) is 1.27. The van der Waals surface area contributed by atoms with E-state index in [1.165, 1.54) is 24.3 Å². The van der Waals surface area contributed by atoms with E-state index in [0.29, 0.717) is 26.9 Å². The van der Waals surface area contributed by atoms with Gasteiger partial charge in [0.15, 0.2) is 15.6 Å². The smallest absolute Gasteiger partial charge is 0.232 e. The molecule has 0 aromatic heterocycles. The molecule has 0 bridgehead atoms. The van der Waals surface area contributed by atoms with Crippen molar-refractivity contribution in [1.29, 1.82) is 0 Å². The Morgan fingerprint density at radius 1 is 1.08 bits per heavy atom. The summed E-state index contributed by atoms with van der Waals surface area (Å²) in [5.74, 6) is -1.36. The van der Waals surface area contributed by atoms with Crippen LogP contribution in [0, 0.1) is 0 Å². The molecule has 1 aliphatic rings. The van der Waals surface area contributed by atoms with Crippen LogP contribution >= 0.6 is 23.2 Å². The van der Waals surface area contributed by atoms with Crippen LogP contribution in [0.2, 0.25) is 10.0 Å². The van der Waals surface area contributed by atoms with Crippen LogP contribution in [-0.2, 0) is 14.6 Å². The maximum atomic E-state index is 12.5. The molecule has 1 aliphatic heterocycles. The van der Waals surface area contributed by atoms with Crippen LogP contribution in [0.15, 0.2) is 41.3 Å². The summed E-state index contributed by atoms with van der Waals surface area (Å²) in [6.07, 6.45) is 1.01. The van der Waals surface area contributed by atoms with Gasteiger partial charge < -0.3 is 5.32 Å². The highest BCUT2D eigenvalue weighted by molar-refractivity contribution is 7.90. The van der Waals surface area contributed by atoms with E-state index in [0.717, 1.165) is 6.26 Å². The molecule has 1 amide bonds. The molecule has 0 spiro atoms. The molecule has 2 aromatic carbocycles. The van der Waals surface area contributed by atoms with Crippen molar-refractivity contribution in [3.8, 4) is 0 Å². The van der Waals surface area contributed by atoms with Gasteiger partial charge >= 0.3 is 0 Å². The number of sulfone groups is 1. The van der Waals surface area contributed by atoms with E-state index in [9.17, 15) is 18.0 Å². The van der Waals surface area contributed by atoms with Gasteiger partial charge in [-0.15, -0.1) is 0 Å². The molecule has 1 heterocycles. The second kappa shape index (κ2) is 6.44. The van der Waals surface area contributed by atoms with Crippen molar-refractivity contribution in [2.45, 2.75) is 17.2 Å². The number of ketones is 1. The Balaban J connectivity index is 1.88. The molecule has 3 rings (SSSR count). The van der Waals surface area contributed by atoms with Gasteiger partial charge in [-0.3, -0.25) is 9.59 Å². The highest BCUT2D eigenvalue weighted by Crippen LogP contribution is 2.43. The molecule has 0 saturated carbocycles. The van der Waals surface area contributed by atoms with Crippen molar-refractivity contribution >= 4 is 50.4 Å². The Labute approximate surface area is 154 Å². The fraction of sp³-hybridized carbons (Fsp3) is 0.176. The van der Waals surface area contributed by atoms with Gasteiger partial charge in [0.25, 0.3) is 0 Å². The fourth-order valence-corrected chi connectivity index (χ4v) is 3.89. The average molecular weight is 398 g/mol. The van der Waals surface area contributed by atoms with Crippen molar-refractivity contribution in [3.05, 3.63) is 57.6 Å². The topological polar surface area (TPSA) is 80.3 Å². The molecule has 8 heteroatoms. The number of carbonyl (C=O) groups excluding carboxylic acids is 2. The minimum absolute atomic E-state index is 0.0862. The zero-order chi connectivity index (χ0) is 18.4. The lowest BCUT2D eigenvalue weighted by atomic mass is 9.92. The lowest BCUT2D eigenvalue weighted by Crippen LogP contribution is -2.16. The molecular formula is C17H13Cl2NO4S. The van der Waals surface area contributed by atoms with Crippen molar-refractivity contribution < 1.29 is 18.0 Å². The highest BCUT2D eigenvalue weighted by atomic mass is 35.5. The Hall–Kier alpha value is -1.89. The van der Waals surface area contributed by atoms with Crippen molar-refractivity contribution in [1.82, 2.24) is 0 Å². The summed E-state index contributed by atoms with van der Waals surface area (Å²) in [5, 5.41) is 3.38. The van der Waals surface area contributed by atoms with Crippen LogP contribution in [0.5, 0.6) is 0 Å². The van der Waals surface area contributed by atoms with Crippen LogP contribution in [0.25, 0.3) is 0 Å². The lowest BCUT2D eigenvalue weighted by molar-refractivity contribution is -0.117. The molecule has 2 aromatic rings. The van der Waals surface area contributed by atoms with Crippen molar-refractivity contribution in [3.63, 3.8) is 0 Å². The monoisotopic (exact) mass is 397 g/mol. The zero-order valence-electron chi connectivity index (χ0n) is 13.0. The van der Waals surface area contributed by atoms with Crippen LogP contribution in [-0.4, -0.2) is 26.4 Å². The summed E-state index contributed by atoms with van der Waals surface area (Å²) in [7, 11) is -3.33. The molecule has 1 atom stereocenters. The van der Waals surface area contributed by atoms with Gasteiger partial charge in [-0.1, -0.05) is 35.3 Å². The number of hydrogen-bond donors (Lipinski definition) is 1. The number of carbonyl (C=O) groups is 2. The number of nitrogens with one attached hydrogen (secondary N) is 1. The molecule has 0 radical (unpaired) electrons. The molecule has 130 valence electrons. The van der Waals surface area contributed by atoms with E-state index in [1.54, 1.807) is 12.1 Å². The Kier molecular flexibility index (Phi) is 4.62. The summed E-state index contributed by atoms with van der Waals surface area (Å²) < 4.78 is 23.0.